The molecular formula is C24H27N3O4. The van der Waals surface area contributed by atoms with Gasteiger partial charge in [-0.05, 0) is 43.2 Å². The molecule has 1 aromatic heterocycles. The van der Waals surface area contributed by atoms with Crippen LogP contribution in [0.1, 0.15) is 19.4 Å². The lowest BCUT2D eigenvalue weighted by Gasteiger charge is -2.17. The highest BCUT2D eigenvalue weighted by Crippen LogP contribution is 2.35. The van der Waals surface area contributed by atoms with Crippen LogP contribution in [0.5, 0.6) is 11.5 Å². The third kappa shape index (κ3) is 5.07. The number of hydrogen-bond donors (Lipinski definition) is 3. The quantitative estimate of drug-likeness (QED) is 0.360. The summed E-state index contributed by atoms with van der Waals surface area (Å²) in [6, 6.07) is 14.9. The Labute approximate surface area is 181 Å². The number of methoxy groups -OCH3 is 1. The Hall–Kier alpha value is -3.71. The van der Waals surface area contributed by atoms with E-state index in [0.717, 1.165) is 28.5 Å². The number of nitrogens with zero attached hydrogens (tertiary/aromatic N) is 1. The summed E-state index contributed by atoms with van der Waals surface area (Å²) >= 11 is 0. The molecule has 162 valence electrons. The number of anilines is 1. The van der Waals surface area contributed by atoms with Gasteiger partial charge in [-0.3, -0.25) is 0 Å². The molecule has 1 unspecified atom stereocenters. The molecular weight excluding hydrogens is 394 g/mol. The molecule has 0 fully saturated rings. The lowest BCUT2D eigenvalue weighted by molar-refractivity contribution is -0.0623. The molecule has 0 bridgehead atoms. The molecule has 5 N–H and O–H groups in total. The molecule has 31 heavy (non-hydrogen) atoms. The zero-order valence-electron chi connectivity index (χ0n) is 17.8. The lowest BCUT2D eigenvalue weighted by Crippen LogP contribution is -2.16. The summed E-state index contributed by atoms with van der Waals surface area (Å²) < 4.78 is 16.7. The maximum absolute atomic E-state index is 9.76. The number of pyridine rings is 1. The zero-order chi connectivity index (χ0) is 22.4. The fraction of sp³-hybridized carbons (Fsp3) is 0.208. The van der Waals surface area contributed by atoms with E-state index in [1.54, 1.807) is 25.4 Å². The summed E-state index contributed by atoms with van der Waals surface area (Å²) in [4.78, 5) is 4.36. The van der Waals surface area contributed by atoms with Crippen molar-refractivity contribution in [1.82, 2.24) is 4.98 Å². The van der Waals surface area contributed by atoms with Crippen LogP contribution < -0.4 is 20.9 Å². The van der Waals surface area contributed by atoms with Gasteiger partial charge in [0.2, 0.25) is 0 Å². The van der Waals surface area contributed by atoms with Crippen LogP contribution in [0.4, 0.5) is 5.82 Å². The van der Waals surface area contributed by atoms with Gasteiger partial charge in [0, 0.05) is 35.7 Å². The average Bonchev–Trinajstić information content (AvgIpc) is 2.79. The first-order chi connectivity index (χ1) is 15.0. The molecule has 3 aromatic rings. The number of aromatic nitrogens is 1. The van der Waals surface area contributed by atoms with Crippen molar-refractivity contribution in [2.45, 2.75) is 20.1 Å². The van der Waals surface area contributed by atoms with Crippen molar-refractivity contribution >= 4 is 11.6 Å². The number of aliphatic hydroxyl groups is 1. The number of ether oxygens (including phenoxy) is 3. The molecule has 0 radical (unpaired) electrons. The standard InChI is InChI=1S/C24H27N3O4/c1-4-30-15(2)31-22-10-9-18(12-23(22)29-3)19-11-20(24(26)27-14-19)16-5-7-17(8-6-16)21(28)13-25/h5-15,28H,4,25H2,1-3H3,(H2,26,27)/b21-13-. The second-order valence-corrected chi connectivity index (χ2v) is 6.79. The Morgan fingerprint density at radius 1 is 1.06 bits per heavy atom. The highest BCUT2D eigenvalue weighted by Gasteiger charge is 2.13. The van der Waals surface area contributed by atoms with Crippen LogP contribution in [0.25, 0.3) is 28.0 Å². The van der Waals surface area contributed by atoms with Crippen LogP contribution in [0.15, 0.2) is 60.9 Å². The summed E-state index contributed by atoms with van der Waals surface area (Å²) in [5.41, 5.74) is 15.6. The van der Waals surface area contributed by atoms with Gasteiger partial charge in [-0.25, -0.2) is 4.98 Å². The minimum Gasteiger partial charge on any atom is -0.506 e. The van der Waals surface area contributed by atoms with Crippen molar-refractivity contribution in [3.05, 3.63) is 66.5 Å². The maximum atomic E-state index is 9.76. The van der Waals surface area contributed by atoms with Gasteiger partial charge in [0.1, 0.15) is 11.6 Å². The Bertz CT molecular complexity index is 1060. The molecule has 0 spiro atoms. The van der Waals surface area contributed by atoms with Crippen molar-refractivity contribution in [2.24, 2.45) is 5.73 Å². The summed E-state index contributed by atoms with van der Waals surface area (Å²) in [5, 5.41) is 9.76. The predicted octanol–water partition coefficient (Wildman–Crippen LogP) is 4.58. The lowest BCUT2D eigenvalue weighted by atomic mass is 9.99. The first-order valence-corrected chi connectivity index (χ1v) is 9.90. The normalized spacial score (nSPS) is 12.4. The van der Waals surface area contributed by atoms with Crippen molar-refractivity contribution < 1.29 is 19.3 Å². The third-order valence-corrected chi connectivity index (χ3v) is 4.76. The molecule has 3 rings (SSSR count). The molecule has 7 nitrogen and oxygen atoms in total. The number of hydrogen-bond acceptors (Lipinski definition) is 7. The molecule has 1 atom stereocenters. The van der Waals surface area contributed by atoms with Gasteiger partial charge >= 0.3 is 0 Å². The van der Waals surface area contributed by atoms with Crippen LogP contribution in [0.2, 0.25) is 0 Å². The summed E-state index contributed by atoms with van der Waals surface area (Å²) in [7, 11) is 1.59. The fourth-order valence-corrected chi connectivity index (χ4v) is 3.17. The van der Waals surface area contributed by atoms with E-state index in [-0.39, 0.29) is 12.0 Å². The Balaban J connectivity index is 1.94. The van der Waals surface area contributed by atoms with Crippen molar-refractivity contribution in [2.75, 3.05) is 19.5 Å². The van der Waals surface area contributed by atoms with E-state index in [1.807, 2.05) is 50.2 Å². The Kier molecular flexibility index (Phi) is 6.99. The largest absolute Gasteiger partial charge is 0.506 e. The summed E-state index contributed by atoms with van der Waals surface area (Å²) in [6.07, 6.45) is 2.49. The fourth-order valence-electron chi connectivity index (χ4n) is 3.17. The molecule has 0 aliphatic carbocycles. The second kappa shape index (κ2) is 9.86. The van der Waals surface area contributed by atoms with Crippen LogP contribution in [0.3, 0.4) is 0 Å². The Morgan fingerprint density at radius 2 is 1.77 bits per heavy atom. The molecule has 7 heteroatoms. The van der Waals surface area contributed by atoms with Gasteiger partial charge < -0.3 is 30.8 Å². The minimum absolute atomic E-state index is 0.0134. The maximum Gasteiger partial charge on any atom is 0.197 e. The predicted molar refractivity (Wildman–Crippen MR) is 123 cm³/mol. The molecule has 0 saturated carbocycles. The van der Waals surface area contributed by atoms with Crippen molar-refractivity contribution in [3.63, 3.8) is 0 Å². The molecule has 1 heterocycles. The molecule has 2 aromatic carbocycles. The van der Waals surface area contributed by atoms with Gasteiger partial charge in [-0.1, -0.05) is 30.3 Å². The number of benzene rings is 2. The third-order valence-electron chi connectivity index (χ3n) is 4.76. The Morgan fingerprint density at radius 3 is 2.42 bits per heavy atom. The molecule has 0 amide bonds. The van der Waals surface area contributed by atoms with Gasteiger partial charge in [-0.2, -0.15) is 0 Å². The topological polar surface area (TPSA) is 113 Å². The monoisotopic (exact) mass is 421 g/mol. The second-order valence-electron chi connectivity index (χ2n) is 6.79. The first kappa shape index (κ1) is 22.0. The average molecular weight is 421 g/mol. The highest BCUT2D eigenvalue weighted by molar-refractivity contribution is 5.80. The molecule has 0 aliphatic rings. The summed E-state index contributed by atoms with van der Waals surface area (Å²) in [5.74, 6) is 1.61. The number of nitrogen functional groups attached to an aromatic ring is 1. The van der Waals surface area contributed by atoms with E-state index in [4.69, 9.17) is 25.7 Å². The number of aliphatic hydroxyl groups excluding tert-OH is 1. The van der Waals surface area contributed by atoms with Crippen LogP contribution in [-0.2, 0) is 4.74 Å². The van der Waals surface area contributed by atoms with Crippen LogP contribution >= 0.6 is 0 Å². The van der Waals surface area contributed by atoms with E-state index in [2.05, 4.69) is 4.98 Å². The minimum atomic E-state index is -0.383. The van der Waals surface area contributed by atoms with Crippen LogP contribution in [-0.4, -0.2) is 30.1 Å². The van der Waals surface area contributed by atoms with E-state index >= 15 is 0 Å². The van der Waals surface area contributed by atoms with E-state index < -0.39 is 0 Å². The number of nitrogens with two attached hydrogens (primary N) is 2. The van der Waals surface area contributed by atoms with Crippen molar-refractivity contribution in [1.29, 1.82) is 0 Å². The van der Waals surface area contributed by atoms with E-state index in [1.165, 1.54) is 0 Å². The SMILES string of the molecule is CCOC(C)Oc1ccc(-c2cnc(N)c(-c3ccc(/C(O)=C/N)cc3)c2)cc1OC. The van der Waals surface area contributed by atoms with Gasteiger partial charge in [0.15, 0.2) is 17.8 Å². The van der Waals surface area contributed by atoms with Crippen molar-refractivity contribution in [3.8, 4) is 33.8 Å². The van der Waals surface area contributed by atoms with E-state index in [9.17, 15) is 5.11 Å². The smallest absolute Gasteiger partial charge is 0.197 e. The van der Waals surface area contributed by atoms with Gasteiger partial charge in [0.25, 0.3) is 0 Å². The molecule has 0 saturated heterocycles. The summed E-state index contributed by atoms with van der Waals surface area (Å²) in [6.45, 7) is 4.31. The van der Waals surface area contributed by atoms with Gasteiger partial charge in [-0.15, -0.1) is 0 Å². The first-order valence-electron chi connectivity index (χ1n) is 9.90. The number of rotatable bonds is 8. The highest BCUT2D eigenvalue weighted by atomic mass is 16.7. The van der Waals surface area contributed by atoms with E-state index in [0.29, 0.717) is 29.5 Å². The van der Waals surface area contributed by atoms with Gasteiger partial charge in [0.05, 0.1) is 7.11 Å². The van der Waals surface area contributed by atoms with Crippen LogP contribution in [0, 0.1) is 0 Å². The zero-order valence-corrected chi connectivity index (χ0v) is 17.8. The molecule has 0 aliphatic heterocycles.